The fourth-order valence-corrected chi connectivity index (χ4v) is 0.803. The van der Waals surface area contributed by atoms with E-state index in [2.05, 4.69) is 0 Å². The topological polar surface area (TPSA) is 34.1 Å². The number of aldehydes is 1. The van der Waals surface area contributed by atoms with Gasteiger partial charge in [-0.3, -0.25) is 4.79 Å². The first-order valence-electron chi connectivity index (χ1n) is 3.95. The molecule has 2 heteroatoms. The molecule has 0 spiro atoms. The highest BCUT2D eigenvalue weighted by molar-refractivity contribution is 5.81. The number of ketones is 1. The Morgan fingerprint density at radius 1 is 1.45 bits per heavy atom. The largest absolute Gasteiger partial charge is 0.303 e. The molecule has 2 nitrogen and oxygen atoms in total. The zero-order chi connectivity index (χ0) is 8.91. The molecule has 0 N–H and O–H groups in total. The predicted octanol–water partition coefficient (Wildman–Crippen LogP) is 1.97. The fourth-order valence-electron chi connectivity index (χ4n) is 0.803. The standard InChI is InChI=1S/C9H16O2/c1-8(11)9(2,3)6-4-5-7-10/h7H,4-6H2,1-3H3. The molecule has 0 aromatic heterocycles. The van der Waals surface area contributed by atoms with Gasteiger partial charge < -0.3 is 4.79 Å². The third-order valence-electron chi connectivity index (χ3n) is 2.08. The summed E-state index contributed by atoms with van der Waals surface area (Å²) in [4.78, 5) is 20.9. The van der Waals surface area contributed by atoms with Crippen LogP contribution in [-0.2, 0) is 9.59 Å². The molecule has 11 heavy (non-hydrogen) atoms. The van der Waals surface area contributed by atoms with Crippen LogP contribution in [0, 0.1) is 5.41 Å². The number of carbonyl (C=O) groups is 2. The fraction of sp³-hybridized carbons (Fsp3) is 0.778. The highest BCUT2D eigenvalue weighted by Gasteiger charge is 2.22. The summed E-state index contributed by atoms with van der Waals surface area (Å²) >= 11 is 0. The van der Waals surface area contributed by atoms with Crippen molar-refractivity contribution in [2.45, 2.75) is 40.0 Å². The van der Waals surface area contributed by atoms with Crippen molar-refractivity contribution >= 4 is 12.1 Å². The Bertz CT molecular complexity index is 148. The molecule has 0 atom stereocenters. The van der Waals surface area contributed by atoms with Gasteiger partial charge in [0.25, 0.3) is 0 Å². The smallest absolute Gasteiger partial charge is 0.135 e. The van der Waals surface area contributed by atoms with Crippen LogP contribution in [0.3, 0.4) is 0 Å². The summed E-state index contributed by atoms with van der Waals surface area (Å²) < 4.78 is 0. The lowest BCUT2D eigenvalue weighted by Crippen LogP contribution is -2.20. The van der Waals surface area contributed by atoms with Crippen LogP contribution in [0.4, 0.5) is 0 Å². The Labute approximate surface area is 68.0 Å². The quantitative estimate of drug-likeness (QED) is 0.450. The lowest BCUT2D eigenvalue weighted by atomic mass is 9.84. The molecule has 0 saturated carbocycles. The van der Waals surface area contributed by atoms with Gasteiger partial charge >= 0.3 is 0 Å². The lowest BCUT2D eigenvalue weighted by molar-refractivity contribution is -0.125. The van der Waals surface area contributed by atoms with Crippen molar-refractivity contribution in [2.24, 2.45) is 5.41 Å². The van der Waals surface area contributed by atoms with E-state index in [0.29, 0.717) is 6.42 Å². The van der Waals surface area contributed by atoms with E-state index in [1.54, 1.807) is 6.92 Å². The Kier molecular flexibility index (Phi) is 4.01. The van der Waals surface area contributed by atoms with Gasteiger partial charge in [0.2, 0.25) is 0 Å². The minimum Gasteiger partial charge on any atom is -0.303 e. The molecule has 64 valence electrons. The summed E-state index contributed by atoms with van der Waals surface area (Å²) in [5, 5.41) is 0. The maximum Gasteiger partial charge on any atom is 0.135 e. The minimum absolute atomic E-state index is 0.198. The predicted molar refractivity (Wildman–Crippen MR) is 44.4 cm³/mol. The van der Waals surface area contributed by atoms with Gasteiger partial charge in [0.1, 0.15) is 12.1 Å². The first kappa shape index (κ1) is 10.3. The first-order valence-corrected chi connectivity index (χ1v) is 3.95. The zero-order valence-electron chi connectivity index (χ0n) is 7.52. The van der Waals surface area contributed by atoms with E-state index in [1.807, 2.05) is 13.8 Å². The van der Waals surface area contributed by atoms with Gasteiger partial charge in [-0.1, -0.05) is 13.8 Å². The van der Waals surface area contributed by atoms with Crippen molar-refractivity contribution in [3.05, 3.63) is 0 Å². The van der Waals surface area contributed by atoms with Gasteiger partial charge in [-0.15, -0.1) is 0 Å². The SMILES string of the molecule is CC(=O)C(C)(C)CCCC=O. The van der Waals surface area contributed by atoms with Crippen LogP contribution < -0.4 is 0 Å². The van der Waals surface area contributed by atoms with Crippen molar-refractivity contribution in [3.63, 3.8) is 0 Å². The molecule has 0 aliphatic rings. The highest BCUT2D eigenvalue weighted by Crippen LogP contribution is 2.23. The second kappa shape index (κ2) is 4.27. The molecular weight excluding hydrogens is 140 g/mol. The van der Waals surface area contributed by atoms with E-state index in [0.717, 1.165) is 19.1 Å². The summed E-state index contributed by atoms with van der Waals surface area (Å²) in [5.41, 5.74) is -0.247. The van der Waals surface area contributed by atoms with Crippen LogP contribution in [0.1, 0.15) is 40.0 Å². The van der Waals surface area contributed by atoms with Gasteiger partial charge in [0, 0.05) is 11.8 Å². The maximum atomic E-state index is 11.0. The van der Waals surface area contributed by atoms with Gasteiger partial charge in [0.05, 0.1) is 0 Å². The molecule has 0 fully saturated rings. The average Bonchev–Trinajstić information content (AvgIpc) is 1.88. The molecule has 0 amide bonds. The van der Waals surface area contributed by atoms with Gasteiger partial charge in [0.15, 0.2) is 0 Å². The van der Waals surface area contributed by atoms with E-state index in [1.165, 1.54) is 0 Å². The number of carbonyl (C=O) groups excluding carboxylic acids is 2. The molecule has 0 heterocycles. The molecule has 0 saturated heterocycles. The number of hydrogen-bond acceptors (Lipinski definition) is 2. The second-order valence-electron chi connectivity index (χ2n) is 3.50. The summed E-state index contributed by atoms with van der Waals surface area (Å²) in [5.74, 6) is 0.198. The number of rotatable bonds is 5. The van der Waals surface area contributed by atoms with E-state index in [9.17, 15) is 9.59 Å². The molecular formula is C9H16O2. The average molecular weight is 156 g/mol. The van der Waals surface area contributed by atoms with Crippen LogP contribution >= 0.6 is 0 Å². The molecule has 0 aromatic carbocycles. The molecule has 0 aliphatic carbocycles. The Balaban J connectivity index is 3.72. The summed E-state index contributed by atoms with van der Waals surface area (Å²) in [6, 6.07) is 0. The number of unbranched alkanes of at least 4 members (excludes halogenated alkanes) is 1. The third kappa shape index (κ3) is 3.91. The van der Waals surface area contributed by atoms with Crippen LogP contribution in [0.15, 0.2) is 0 Å². The molecule has 0 aromatic rings. The normalized spacial score (nSPS) is 11.2. The molecule has 0 aliphatic heterocycles. The van der Waals surface area contributed by atoms with Crippen molar-refractivity contribution in [3.8, 4) is 0 Å². The summed E-state index contributed by atoms with van der Waals surface area (Å²) in [6.07, 6.45) is 3.09. The van der Waals surface area contributed by atoms with Crippen LogP contribution in [0.25, 0.3) is 0 Å². The molecule has 0 radical (unpaired) electrons. The van der Waals surface area contributed by atoms with Crippen LogP contribution in [0.2, 0.25) is 0 Å². The van der Waals surface area contributed by atoms with Crippen molar-refractivity contribution < 1.29 is 9.59 Å². The Morgan fingerprint density at radius 2 is 2.00 bits per heavy atom. The number of Topliss-reactive ketones (excluding diaryl/α,β-unsaturated/α-hetero) is 1. The van der Waals surface area contributed by atoms with E-state index >= 15 is 0 Å². The number of hydrogen-bond donors (Lipinski definition) is 0. The highest BCUT2D eigenvalue weighted by atomic mass is 16.1. The maximum absolute atomic E-state index is 11.0. The Hall–Kier alpha value is -0.660. The molecule has 0 bridgehead atoms. The van der Waals surface area contributed by atoms with Gasteiger partial charge in [-0.25, -0.2) is 0 Å². The first-order chi connectivity index (χ1) is 5.00. The lowest BCUT2D eigenvalue weighted by Gasteiger charge is -2.19. The molecule has 0 rings (SSSR count). The third-order valence-corrected chi connectivity index (χ3v) is 2.08. The van der Waals surface area contributed by atoms with E-state index < -0.39 is 0 Å². The van der Waals surface area contributed by atoms with Crippen molar-refractivity contribution in [2.75, 3.05) is 0 Å². The van der Waals surface area contributed by atoms with E-state index in [-0.39, 0.29) is 11.2 Å². The summed E-state index contributed by atoms with van der Waals surface area (Å²) in [7, 11) is 0. The summed E-state index contributed by atoms with van der Waals surface area (Å²) in [6.45, 7) is 5.43. The van der Waals surface area contributed by atoms with E-state index in [4.69, 9.17) is 0 Å². The van der Waals surface area contributed by atoms with Crippen LogP contribution in [0.5, 0.6) is 0 Å². The second-order valence-corrected chi connectivity index (χ2v) is 3.50. The van der Waals surface area contributed by atoms with Crippen molar-refractivity contribution in [1.29, 1.82) is 0 Å². The monoisotopic (exact) mass is 156 g/mol. The van der Waals surface area contributed by atoms with Crippen LogP contribution in [-0.4, -0.2) is 12.1 Å². The van der Waals surface area contributed by atoms with Gasteiger partial charge in [-0.2, -0.15) is 0 Å². The minimum atomic E-state index is -0.247. The van der Waals surface area contributed by atoms with Crippen molar-refractivity contribution in [1.82, 2.24) is 0 Å². The molecule has 0 unspecified atom stereocenters. The Morgan fingerprint density at radius 3 is 2.36 bits per heavy atom. The zero-order valence-corrected chi connectivity index (χ0v) is 7.52. The van der Waals surface area contributed by atoms with Gasteiger partial charge in [-0.05, 0) is 19.8 Å².